The van der Waals surface area contributed by atoms with Gasteiger partial charge in [0, 0.05) is 25.9 Å². The summed E-state index contributed by atoms with van der Waals surface area (Å²) in [6.07, 6.45) is 1.33. The summed E-state index contributed by atoms with van der Waals surface area (Å²) in [5.74, 6) is -0.258. The van der Waals surface area contributed by atoms with Gasteiger partial charge in [-0.1, -0.05) is 89.9 Å². The first-order chi connectivity index (χ1) is 16.0. The first kappa shape index (κ1) is 24.8. The van der Waals surface area contributed by atoms with Crippen LogP contribution in [-0.2, 0) is 29.0 Å². The van der Waals surface area contributed by atoms with Gasteiger partial charge in [0.25, 0.3) is 0 Å². The molecule has 0 bridgehead atoms. The highest BCUT2D eigenvalue weighted by atomic mass is 35.5. The maximum atomic E-state index is 13.5. The average molecular weight is 483 g/mol. The summed E-state index contributed by atoms with van der Waals surface area (Å²) in [7, 11) is 0. The van der Waals surface area contributed by atoms with Crippen molar-refractivity contribution in [1.82, 2.24) is 10.2 Å². The zero-order valence-electron chi connectivity index (χ0n) is 18.6. The van der Waals surface area contributed by atoms with E-state index in [4.69, 9.17) is 23.2 Å². The van der Waals surface area contributed by atoms with Crippen LogP contribution in [0.1, 0.15) is 30.0 Å². The molecular weight excluding hydrogens is 455 g/mol. The Morgan fingerprint density at radius 2 is 1.48 bits per heavy atom. The summed E-state index contributed by atoms with van der Waals surface area (Å²) < 4.78 is 0. The van der Waals surface area contributed by atoms with Crippen LogP contribution in [0.25, 0.3) is 0 Å². The minimum Gasteiger partial charge on any atom is -0.355 e. The molecule has 0 aliphatic heterocycles. The number of likely N-dealkylation sites (N-methyl/N-ethyl adjacent to an activating group) is 1. The number of halogens is 2. The van der Waals surface area contributed by atoms with Gasteiger partial charge in [0.15, 0.2) is 0 Å². The van der Waals surface area contributed by atoms with Gasteiger partial charge in [0.2, 0.25) is 11.8 Å². The van der Waals surface area contributed by atoms with E-state index in [1.807, 2.05) is 73.7 Å². The van der Waals surface area contributed by atoms with Crippen molar-refractivity contribution in [3.8, 4) is 0 Å². The van der Waals surface area contributed by atoms with E-state index in [0.717, 1.165) is 16.7 Å². The van der Waals surface area contributed by atoms with Crippen LogP contribution in [0.3, 0.4) is 0 Å². The molecule has 1 atom stereocenters. The largest absolute Gasteiger partial charge is 0.355 e. The van der Waals surface area contributed by atoms with Crippen molar-refractivity contribution in [3.63, 3.8) is 0 Å². The Kier molecular flexibility index (Phi) is 9.35. The number of rotatable bonds is 10. The van der Waals surface area contributed by atoms with Crippen LogP contribution in [0.15, 0.2) is 78.9 Å². The number of nitrogens with one attached hydrogen (secondary N) is 1. The van der Waals surface area contributed by atoms with Gasteiger partial charge in [-0.3, -0.25) is 9.59 Å². The van der Waals surface area contributed by atoms with Gasteiger partial charge in [0.1, 0.15) is 6.04 Å². The van der Waals surface area contributed by atoms with Crippen molar-refractivity contribution in [2.45, 2.75) is 38.8 Å². The third kappa shape index (κ3) is 7.34. The van der Waals surface area contributed by atoms with Gasteiger partial charge in [-0.2, -0.15) is 0 Å². The van der Waals surface area contributed by atoms with Crippen molar-refractivity contribution in [2.75, 3.05) is 6.54 Å². The topological polar surface area (TPSA) is 49.4 Å². The number of aryl methyl sites for hydroxylation is 1. The molecule has 1 N–H and O–H groups in total. The van der Waals surface area contributed by atoms with Crippen molar-refractivity contribution in [3.05, 3.63) is 106 Å². The number of amides is 2. The molecule has 3 aromatic rings. The zero-order valence-corrected chi connectivity index (χ0v) is 20.1. The molecular formula is C27H28Cl2N2O2. The molecule has 33 heavy (non-hydrogen) atoms. The summed E-state index contributed by atoms with van der Waals surface area (Å²) >= 11 is 12.3. The van der Waals surface area contributed by atoms with E-state index in [0.29, 0.717) is 35.9 Å². The molecule has 0 unspecified atom stereocenters. The lowest BCUT2D eigenvalue weighted by atomic mass is 10.0. The predicted octanol–water partition coefficient (Wildman–Crippen LogP) is 5.70. The molecule has 172 valence electrons. The Hall–Kier alpha value is -2.82. The van der Waals surface area contributed by atoms with Crippen LogP contribution in [0.2, 0.25) is 10.0 Å². The molecule has 0 aromatic heterocycles. The highest BCUT2D eigenvalue weighted by Gasteiger charge is 2.30. The summed E-state index contributed by atoms with van der Waals surface area (Å²) in [4.78, 5) is 28.3. The second-order valence-corrected chi connectivity index (χ2v) is 8.67. The Balaban J connectivity index is 1.90. The Morgan fingerprint density at radius 1 is 0.848 bits per heavy atom. The van der Waals surface area contributed by atoms with Crippen molar-refractivity contribution in [1.29, 1.82) is 0 Å². The standard InChI is InChI=1S/C27H28Cl2N2O2/c1-2-30-27(33)25(18-21-11-7-4-8-12-21)31(19-22-13-15-23(28)24(29)17-22)26(32)16-14-20-9-5-3-6-10-20/h3-13,15,17,25H,2,14,16,18-19H2,1H3,(H,30,33)/t25-/m0/s1. The van der Waals surface area contributed by atoms with Gasteiger partial charge in [0.05, 0.1) is 10.0 Å². The molecule has 2 amide bonds. The molecule has 0 spiro atoms. The summed E-state index contributed by atoms with van der Waals surface area (Å²) in [5, 5.41) is 3.77. The number of hydrogen-bond acceptors (Lipinski definition) is 2. The molecule has 0 saturated heterocycles. The van der Waals surface area contributed by atoms with Crippen LogP contribution >= 0.6 is 23.2 Å². The summed E-state index contributed by atoms with van der Waals surface area (Å²) in [6, 6.07) is 24.3. The molecule has 0 heterocycles. The van der Waals surface area contributed by atoms with Crippen LogP contribution < -0.4 is 5.32 Å². The Morgan fingerprint density at radius 3 is 2.09 bits per heavy atom. The van der Waals surface area contributed by atoms with E-state index < -0.39 is 6.04 Å². The van der Waals surface area contributed by atoms with E-state index in [9.17, 15) is 9.59 Å². The third-order valence-corrected chi connectivity index (χ3v) is 6.17. The van der Waals surface area contributed by atoms with Gasteiger partial charge >= 0.3 is 0 Å². The minimum atomic E-state index is -0.648. The Bertz CT molecular complexity index is 1060. The first-order valence-corrected chi connectivity index (χ1v) is 11.8. The van der Waals surface area contributed by atoms with Gasteiger partial charge in [-0.15, -0.1) is 0 Å². The maximum Gasteiger partial charge on any atom is 0.243 e. The maximum absolute atomic E-state index is 13.5. The molecule has 6 heteroatoms. The highest BCUT2D eigenvalue weighted by molar-refractivity contribution is 6.42. The SMILES string of the molecule is CCNC(=O)[C@H](Cc1ccccc1)N(Cc1ccc(Cl)c(Cl)c1)C(=O)CCc1ccccc1. The number of carbonyl (C=O) groups excluding carboxylic acids is 2. The lowest BCUT2D eigenvalue weighted by Crippen LogP contribution is -2.50. The Labute approximate surface area is 205 Å². The summed E-state index contributed by atoms with van der Waals surface area (Å²) in [6.45, 7) is 2.63. The zero-order chi connectivity index (χ0) is 23.6. The second kappa shape index (κ2) is 12.4. The fourth-order valence-electron chi connectivity index (χ4n) is 3.72. The van der Waals surface area contributed by atoms with E-state index in [2.05, 4.69) is 5.32 Å². The van der Waals surface area contributed by atoms with Crippen LogP contribution in [0.5, 0.6) is 0 Å². The number of nitrogens with zero attached hydrogens (tertiary/aromatic N) is 1. The summed E-state index contributed by atoms with van der Waals surface area (Å²) in [5.41, 5.74) is 2.89. The van der Waals surface area contributed by atoms with Crippen molar-refractivity contribution in [2.24, 2.45) is 0 Å². The first-order valence-electron chi connectivity index (χ1n) is 11.1. The smallest absolute Gasteiger partial charge is 0.243 e. The number of benzene rings is 3. The van der Waals surface area contributed by atoms with Gasteiger partial charge < -0.3 is 10.2 Å². The normalized spacial score (nSPS) is 11.6. The second-order valence-electron chi connectivity index (χ2n) is 7.86. The van der Waals surface area contributed by atoms with E-state index in [1.54, 1.807) is 17.0 Å². The molecule has 3 aromatic carbocycles. The van der Waals surface area contributed by atoms with Crippen LogP contribution in [-0.4, -0.2) is 29.3 Å². The minimum absolute atomic E-state index is 0.0860. The molecule has 4 nitrogen and oxygen atoms in total. The van der Waals surface area contributed by atoms with E-state index >= 15 is 0 Å². The van der Waals surface area contributed by atoms with E-state index in [1.165, 1.54) is 0 Å². The van der Waals surface area contributed by atoms with Crippen molar-refractivity contribution < 1.29 is 9.59 Å². The van der Waals surface area contributed by atoms with Gasteiger partial charge in [-0.25, -0.2) is 0 Å². The molecule has 0 saturated carbocycles. The van der Waals surface area contributed by atoms with Crippen molar-refractivity contribution >= 4 is 35.0 Å². The molecule has 0 fully saturated rings. The molecule has 3 rings (SSSR count). The predicted molar refractivity (Wildman–Crippen MR) is 134 cm³/mol. The fraction of sp³-hybridized carbons (Fsp3) is 0.259. The molecule has 0 aliphatic rings. The number of carbonyl (C=O) groups is 2. The quantitative estimate of drug-likeness (QED) is 0.402. The van der Waals surface area contributed by atoms with Gasteiger partial charge in [-0.05, 0) is 42.2 Å². The van der Waals surface area contributed by atoms with E-state index in [-0.39, 0.29) is 18.4 Å². The van der Waals surface area contributed by atoms with Crippen LogP contribution in [0, 0.1) is 0 Å². The fourth-order valence-corrected chi connectivity index (χ4v) is 4.04. The molecule has 0 radical (unpaired) electrons. The number of hydrogen-bond donors (Lipinski definition) is 1. The monoisotopic (exact) mass is 482 g/mol. The third-order valence-electron chi connectivity index (χ3n) is 5.43. The average Bonchev–Trinajstić information content (AvgIpc) is 2.83. The lowest BCUT2D eigenvalue weighted by Gasteiger charge is -2.31. The van der Waals surface area contributed by atoms with Crippen LogP contribution in [0.4, 0.5) is 0 Å². The lowest BCUT2D eigenvalue weighted by molar-refractivity contribution is -0.141. The molecule has 0 aliphatic carbocycles. The highest BCUT2D eigenvalue weighted by Crippen LogP contribution is 2.24.